The van der Waals surface area contributed by atoms with Crippen LogP contribution in [0, 0.1) is 27.8 Å². The van der Waals surface area contributed by atoms with Gasteiger partial charge < -0.3 is 10.1 Å². The molecule has 0 bridgehead atoms. The minimum atomic E-state index is -0.642. The maximum absolute atomic E-state index is 14.1. The van der Waals surface area contributed by atoms with Gasteiger partial charge in [-0.25, -0.2) is 4.39 Å². The molecule has 1 aromatic rings. The van der Waals surface area contributed by atoms with E-state index in [1.54, 1.807) is 0 Å². The standard InChI is InChI=1S/C15H21FN2O3/c1-9-4-10(2)6-11(5-9)17-13-8-15(21-3)14(18(19)20)7-12(13)16/h7-11,17H,4-6H2,1-3H3. The minimum absolute atomic E-state index is 0.0702. The van der Waals surface area contributed by atoms with Gasteiger partial charge in [-0.05, 0) is 31.1 Å². The highest BCUT2D eigenvalue weighted by Crippen LogP contribution is 2.35. The molecule has 2 rings (SSSR count). The van der Waals surface area contributed by atoms with Crippen LogP contribution < -0.4 is 10.1 Å². The van der Waals surface area contributed by atoms with E-state index in [-0.39, 0.29) is 23.2 Å². The SMILES string of the molecule is COc1cc(NC2CC(C)CC(C)C2)c(F)cc1[N+](=O)[O-]. The summed E-state index contributed by atoms with van der Waals surface area (Å²) in [7, 11) is 1.34. The number of hydrogen-bond acceptors (Lipinski definition) is 4. The molecule has 116 valence electrons. The Morgan fingerprint density at radius 2 is 1.90 bits per heavy atom. The molecule has 1 aromatic carbocycles. The first-order valence-corrected chi connectivity index (χ1v) is 7.19. The van der Waals surface area contributed by atoms with E-state index >= 15 is 0 Å². The number of ether oxygens (including phenoxy) is 1. The van der Waals surface area contributed by atoms with E-state index in [2.05, 4.69) is 19.2 Å². The van der Waals surface area contributed by atoms with Crippen LogP contribution in [-0.4, -0.2) is 18.1 Å². The molecule has 0 saturated heterocycles. The van der Waals surface area contributed by atoms with Crippen molar-refractivity contribution in [3.05, 3.63) is 28.1 Å². The number of benzene rings is 1. The fraction of sp³-hybridized carbons (Fsp3) is 0.600. The first-order valence-electron chi connectivity index (χ1n) is 7.19. The van der Waals surface area contributed by atoms with E-state index < -0.39 is 10.7 Å². The summed E-state index contributed by atoms with van der Waals surface area (Å²) < 4.78 is 19.0. The van der Waals surface area contributed by atoms with Gasteiger partial charge in [0.2, 0.25) is 0 Å². The molecule has 0 radical (unpaired) electrons. The summed E-state index contributed by atoms with van der Waals surface area (Å²) in [5.41, 5.74) is -0.0883. The lowest BCUT2D eigenvalue weighted by Crippen LogP contribution is -2.30. The van der Waals surface area contributed by atoms with E-state index in [0.29, 0.717) is 11.8 Å². The van der Waals surface area contributed by atoms with Crippen LogP contribution in [0.5, 0.6) is 5.75 Å². The average molecular weight is 296 g/mol. The number of halogens is 1. The fourth-order valence-corrected chi connectivity index (χ4v) is 3.24. The first-order chi connectivity index (χ1) is 9.90. The fourth-order valence-electron chi connectivity index (χ4n) is 3.24. The van der Waals surface area contributed by atoms with Gasteiger partial charge in [0.15, 0.2) is 11.6 Å². The van der Waals surface area contributed by atoms with Crippen LogP contribution in [0.15, 0.2) is 12.1 Å². The second-order valence-corrected chi connectivity index (χ2v) is 6.02. The topological polar surface area (TPSA) is 64.4 Å². The molecule has 0 amide bonds. The molecule has 1 saturated carbocycles. The largest absolute Gasteiger partial charge is 0.490 e. The van der Waals surface area contributed by atoms with Gasteiger partial charge in [-0.3, -0.25) is 10.1 Å². The molecule has 0 aliphatic heterocycles. The lowest BCUT2D eigenvalue weighted by atomic mass is 9.80. The molecule has 0 aromatic heterocycles. The molecular weight excluding hydrogens is 275 g/mol. The Kier molecular flexibility index (Phi) is 4.65. The Morgan fingerprint density at radius 1 is 1.29 bits per heavy atom. The molecule has 21 heavy (non-hydrogen) atoms. The summed E-state index contributed by atoms with van der Waals surface area (Å²) in [5, 5.41) is 14.0. The van der Waals surface area contributed by atoms with Crippen LogP contribution in [0.1, 0.15) is 33.1 Å². The number of hydrogen-bond donors (Lipinski definition) is 1. The lowest BCUT2D eigenvalue weighted by Gasteiger charge is -2.32. The molecule has 1 N–H and O–H groups in total. The van der Waals surface area contributed by atoms with Gasteiger partial charge in [0.25, 0.3) is 0 Å². The zero-order valence-corrected chi connectivity index (χ0v) is 12.6. The monoisotopic (exact) mass is 296 g/mol. The zero-order chi connectivity index (χ0) is 15.6. The van der Waals surface area contributed by atoms with Gasteiger partial charge in [-0.2, -0.15) is 0 Å². The van der Waals surface area contributed by atoms with Crippen molar-refractivity contribution >= 4 is 11.4 Å². The van der Waals surface area contributed by atoms with E-state index in [9.17, 15) is 14.5 Å². The molecule has 0 heterocycles. The van der Waals surface area contributed by atoms with Gasteiger partial charge >= 0.3 is 5.69 Å². The summed E-state index contributed by atoms with van der Waals surface area (Å²) >= 11 is 0. The number of nitro groups is 1. The van der Waals surface area contributed by atoms with Gasteiger partial charge in [0.05, 0.1) is 23.8 Å². The quantitative estimate of drug-likeness (QED) is 0.674. The molecule has 6 heteroatoms. The Bertz CT molecular complexity index is 526. The lowest BCUT2D eigenvalue weighted by molar-refractivity contribution is -0.385. The molecule has 0 spiro atoms. The van der Waals surface area contributed by atoms with Gasteiger partial charge in [-0.1, -0.05) is 13.8 Å². The van der Waals surface area contributed by atoms with E-state index in [0.717, 1.165) is 18.9 Å². The van der Waals surface area contributed by atoms with Gasteiger partial charge in [-0.15, -0.1) is 0 Å². The number of methoxy groups -OCH3 is 1. The van der Waals surface area contributed by atoms with Gasteiger partial charge in [0.1, 0.15) is 0 Å². The second kappa shape index (κ2) is 6.28. The predicted molar refractivity (Wildman–Crippen MR) is 79.2 cm³/mol. The van der Waals surface area contributed by atoms with Crippen molar-refractivity contribution in [1.29, 1.82) is 0 Å². The highest BCUT2D eigenvalue weighted by atomic mass is 19.1. The summed E-state index contributed by atoms with van der Waals surface area (Å²) in [6.07, 6.45) is 3.14. The van der Waals surface area contributed by atoms with Crippen LogP contribution in [0.25, 0.3) is 0 Å². The smallest absolute Gasteiger partial charge is 0.313 e. The third-order valence-electron chi connectivity index (χ3n) is 4.00. The van der Waals surface area contributed by atoms with Gasteiger partial charge in [0, 0.05) is 12.1 Å². The number of anilines is 1. The summed E-state index contributed by atoms with van der Waals surface area (Å²) in [6.45, 7) is 4.38. The third-order valence-corrected chi connectivity index (χ3v) is 4.00. The molecule has 2 atom stereocenters. The van der Waals surface area contributed by atoms with E-state index in [1.807, 2.05) is 0 Å². The number of rotatable bonds is 4. The predicted octanol–water partition coefficient (Wildman–Crippen LogP) is 3.98. The van der Waals surface area contributed by atoms with Crippen molar-refractivity contribution in [3.63, 3.8) is 0 Å². The Morgan fingerprint density at radius 3 is 2.43 bits per heavy atom. The van der Waals surface area contributed by atoms with E-state index in [1.165, 1.54) is 19.6 Å². The minimum Gasteiger partial charge on any atom is -0.490 e. The van der Waals surface area contributed by atoms with Crippen molar-refractivity contribution in [2.75, 3.05) is 12.4 Å². The van der Waals surface area contributed by atoms with Crippen LogP contribution in [0.3, 0.4) is 0 Å². The van der Waals surface area contributed by atoms with Crippen LogP contribution in [0.4, 0.5) is 15.8 Å². The maximum Gasteiger partial charge on any atom is 0.313 e. The molecule has 5 nitrogen and oxygen atoms in total. The summed E-state index contributed by atoms with van der Waals surface area (Å²) in [5.74, 6) is 0.637. The normalized spacial score (nSPS) is 25.4. The molecule has 1 aliphatic rings. The summed E-state index contributed by atoms with van der Waals surface area (Å²) in [6, 6.07) is 2.47. The van der Waals surface area contributed by atoms with Crippen molar-refractivity contribution in [2.24, 2.45) is 11.8 Å². The van der Waals surface area contributed by atoms with E-state index in [4.69, 9.17) is 4.74 Å². The molecule has 2 unspecified atom stereocenters. The van der Waals surface area contributed by atoms with Crippen LogP contribution in [0.2, 0.25) is 0 Å². The van der Waals surface area contributed by atoms with Crippen LogP contribution >= 0.6 is 0 Å². The average Bonchev–Trinajstić information content (AvgIpc) is 2.39. The highest BCUT2D eigenvalue weighted by molar-refractivity contribution is 5.59. The first kappa shape index (κ1) is 15.5. The number of nitrogens with one attached hydrogen (secondary N) is 1. The Balaban J connectivity index is 2.22. The van der Waals surface area contributed by atoms with Crippen molar-refractivity contribution in [1.82, 2.24) is 0 Å². The molecule has 1 aliphatic carbocycles. The van der Waals surface area contributed by atoms with Crippen molar-refractivity contribution in [2.45, 2.75) is 39.2 Å². The number of nitro benzene ring substituents is 1. The summed E-state index contributed by atoms with van der Waals surface area (Å²) in [4.78, 5) is 10.2. The molecule has 1 fully saturated rings. The Labute approximate surface area is 123 Å². The highest BCUT2D eigenvalue weighted by Gasteiger charge is 2.26. The van der Waals surface area contributed by atoms with Crippen molar-refractivity contribution < 1.29 is 14.1 Å². The maximum atomic E-state index is 14.1. The number of nitrogens with zero attached hydrogens (tertiary/aromatic N) is 1. The molecular formula is C15H21FN2O3. The second-order valence-electron chi connectivity index (χ2n) is 6.02. The zero-order valence-electron chi connectivity index (χ0n) is 12.6. The van der Waals surface area contributed by atoms with Crippen molar-refractivity contribution in [3.8, 4) is 5.75 Å². The Hall–Kier alpha value is -1.85. The van der Waals surface area contributed by atoms with Crippen LogP contribution in [-0.2, 0) is 0 Å². The third kappa shape index (κ3) is 3.62.